The molecule has 0 spiro atoms. The molecule has 0 bridgehead atoms. The maximum Gasteiger partial charge on any atom is 0.350 e. The zero-order valence-corrected chi connectivity index (χ0v) is 21.2. The van der Waals surface area contributed by atoms with Crippen molar-refractivity contribution in [1.29, 1.82) is 0 Å². The summed E-state index contributed by atoms with van der Waals surface area (Å²) < 4.78 is 10.4. The molecular weight excluding hydrogens is 478 g/mol. The number of rotatable bonds is 12. The highest BCUT2D eigenvalue weighted by Gasteiger charge is 2.29. The van der Waals surface area contributed by atoms with Crippen LogP contribution in [0, 0.1) is 6.92 Å². The molecule has 0 aliphatic heterocycles. The summed E-state index contributed by atoms with van der Waals surface area (Å²) in [5.41, 5.74) is 0.857. The molecule has 1 aromatic carbocycles. The van der Waals surface area contributed by atoms with E-state index in [1.807, 2.05) is 6.26 Å². The van der Waals surface area contributed by atoms with E-state index in [4.69, 9.17) is 9.47 Å². The van der Waals surface area contributed by atoms with E-state index < -0.39 is 35.9 Å². The molecule has 34 heavy (non-hydrogen) atoms. The third kappa shape index (κ3) is 7.84. The quantitative estimate of drug-likeness (QED) is 0.419. The number of aromatic nitrogens is 1. The minimum atomic E-state index is -1.09. The Bertz CT molecular complexity index is 996. The lowest BCUT2D eigenvalue weighted by atomic mass is 10.1. The van der Waals surface area contributed by atoms with Gasteiger partial charge in [-0.15, -0.1) is 0 Å². The molecule has 0 saturated heterocycles. The van der Waals surface area contributed by atoms with Gasteiger partial charge in [-0.05, 0) is 50.8 Å². The standard InChI is InChI=1S/C23H29N3O6S2/c1-5-17(20(28)26-23-24-14(3)18(34-23)22(30)31-6-2)32-21(29)16(12-13-33-4)25-19(27)15-10-8-7-9-11-15/h7-11,16-17H,5-6,12-13H2,1-4H3,(H,25,27)(H,24,26,28)/t16-,17-/m1/s1. The second kappa shape index (κ2) is 13.7. The summed E-state index contributed by atoms with van der Waals surface area (Å²) in [6.45, 7) is 5.27. The average Bonchev–Trinajstić information content (AvgIpc) is 3.20. The fourth-order valence-electron chi connectivity index (χ4n) is 2.88. The highest BCUT2D eigenvalue weighted by Crippen LogP contribution is 2.24. The van der Waals surface area contributed by atoms with E-state index in [9.17, 15) is 19.2 Å². The molecule has 184 valence electrons. The summed E-state index contributed by atoms with van der Waals surface area (Å²) in [7, 11) is 0. The van der Waals surface area contributed by atoms with Crippen LogP contribution in [0.4, 0.5) is 5.13 Å². The van der Waals surface area contributed by atoms with Gasteiger partial charge in [-0.3, -0.25) is 14.9 Å². The number of benzene rings is 1. The van der Waals surface area contributed by atoms with Gasteiger partial charge in [0.25, 0.3) is 11.8 Å². The van der Waals surface area contributed by atoms with Gasteiger partial charge in [0.15, 0.2) is 11.2 Å². The summed E-state index contributed by atoms with van der Waals surface area (Å²) in [6.07, 6.45) is 1.37. The SMILES string of the molecule is CCOC(=O)c1sc(NC(=O)[C@@H](CC)OC(=O)[C@@H](CCSC)NC(=O)c2ccccc2)nc1C. The third-order valence-corrected chi connectivity index (χ3v) is 6.34. The monoisotopic (exact) mass is 507 g/mol. The second-order valence-electron chi connectivity index (χ2n) is 7.15. The average molecular weight is 508 g/mol. The van der Waals surface area contributed by atoms with Crippen LogP contribution in [0.25, 0.3) is 0 Å². The number of thioether (sulfide) groups is 1. The second-order valence-corrected chi connectivity index (χ2v) is 9.14. The van der Waals surface area contributed by atoms with E-state index >= 15 is 0 Å². The first-order chi connectivity index (χ1) is 16.3. The molecule has 2 aromatic rings. The Morgan fingerprint density at radius 3 is 2.47 bits per heavy atom. The van der Waals surface area contributed by atoms with E-state index in [1.54, 1.807) is 51.1 Å². The molecule has 1 heterocycles. The highest BCUT2D eigenvalue weighted by atomic mass is 32.2. The number of amides is 2. The molecule has 0 aliphatic rings. The lowest BCUT2D eigenvalue weighted by Gasteiger charge is -2.21. The Hall–Kier alpha value is -2.92. The molecule has 2 N–H and O–H groups in total. The summed E-state index contributed by atoms with van der Waals surface area (Å²) >= 11 is 2.52. The Balaban J connectivity index is 2.06. The Morgan fingerprint density at radius 1 is 1.15 bits per heavy atom. The van der Waals surface area contributed by atoms with Gasteiger partial charge in [-0.1, -0.05) is 36.5 Å². The normalized spacial score (nSPS) is 12.4. The van der Waals surface area contributed by atoms with Crippen LogP contribution in [0.1, 0.15) is 52.4 Å². The van der Waals surface area contributed by atoms with Crippen LogP contribution in [0.3, 0.4) is 0 Å². The van der Waals surface area contributed by atoms with Crippen molar-refractivity contribution in [3.8, 4) is 0 Å². The topological polar surface area (TPSA) is 124 Å². The summed E-state index contributed by atoms with van der Waals surface area (Å²) in [5, 5.41) is 5.50. The molecule has 9 nitrogen and oxygen atoms in total. The van der Waals surface area contributed by atoms with Gasteiger partial charge in [-0.2, -0.15) is 11.8 Å². The number of carbonyl (C=O) groups is 4. The zero-order valence-electron chi connectivity index (χ0n) is 19.6. The first-order valence-electron chi connectivity index (χ1n) is 10.8. The molecule has 11 heteroatoms. The van der Waals surface area contributed by atoms with Crippen molar-refractivity contribution in [1.82, 2.24) is 10.3 Å². The van der Waals surface area contributed by atoms with Crippen molar-refractivity contribution in [2.45, 2.75) is 45.8 Å². The molecule has 0 radical (unpaired) electrons. The first kappa shape index (κ1) is 27.3. The number of ether oxygens (including phenoxy) is 2. The van der Waals surface area contributed by atoms with Crippen LogP contribution < -0.4 is 10.6 Å². The number of nitrogens with one attached hydrogen (secondary N) is 2. The lowest BCUT2D eigenvalue weighted by molar-refractivity contribution is -0.156. The molecule has 0 saturated carbocycles. The summed E-state index contributed by atoms with van der Waals surface area (Å²) in [5.74, 6) is -1.55. The molecule has 0 unspecified atom stereocenters. The Kier molecular flexibility index (Phi) is 11.0. The van der Waals surface area contributed by atoms with Crippen molar-refractivity contribution in [2.75, 3.05) is 23.9 Å². The van der Waals surface area contributed by atoms with Gasteiger partial charge in [-0.25, -0.2) is 14.6 Å². The van der Waals surface area contributed by atoms with Gasteiger partial charge < -0.3 is 14.8 Å². The minimum absolute atomic E-state index is 0.205. The predicted molar refractivity (Wildman–Crippen MR) is 132 cm³/mol. The van der Waals surface area contributed by atoms with Crippen LogP contribution in [0.5, 0.6) is 0 Å². The molecule has 0 fully saturated rings. The number of esters is 2. The largest absolute Gasteiger partial charge is 0.462 e. The van der Waals surface area contributed by atoms with E-state index in [0.717, 1.165) is 11.3 Å². The molecular formula is C23H29N3O6S2. The van der Waals surface area contributed by atoms with Gasteiger partial charge >= 0.3 is 11.9 Å². The summed E-state index contributed by atoms with van der Waals surface area (Å²) in [4.78, 5) is 54.6. The van der Waals surface area contributed by atoms with Crippen molar-refractivity contribution >= 4 is 52.0 Å². The van der Waals surface area contributed by atoms with E-state index in [1.165, 1.54) is 11.8 Å². The van der Waals surface area contributed by atoms with Gasteiger partial charge in [0, 0.05) is 5.56 Å². The number of nitrogens with zero attached hydrogens (tertiary/aromatic N) is 1. The number of hydrogen-bond acceptors (Lipinski definition) is 9. The highest BCUT2D eigenvalue weighted by molar-refractivity contribution is 7.98. The molecule has 2 amide bonds. The Morgan fingerprint density at radius 2 is 1.85 bits per heavy atom. The van der Waals surface area contributed by atoms with E-state index in [-0.39, 0.29) is 18.2 Å². The van der Waals surface area contributed by atoms with Crippen molar-refractivity contribution < 1.29 is 28.7 Å². The first-order valence-corrected chi connectivity index (χ1v) is 13.0. The number of aryl methyl sites for hydroxylation is 1. The predicted octanol–water partition coefficient (Wildman–Crippen LogP) is 3.44. The molecule has 2 atom stereocenters. The summed E-state index contributed by atoms with van der Waals surface area (Å²) in [6, 6.07) is 7.65. The third-order valence-electron chi connectivity index (χ3n) is 4.65. The molecule has 1 aromatic heterocycles. The van der Waals surface area contributed by atoms with Crippen LogP contribution in [0.2, 0.25) is 0 Å². The maximum absolute atomic E-state index is 12.9. The number of thiazole rings is 1. The van der Waals surface area contributed by atoms with Gasteiger partial charge in [0.05, 0.1) is 12.3 Å². The smallest absolute Gasteiger partial charge is 0.350 e. The Labute approximate surface area is 207 Å². The van der Waals surface area contributed by atoms with Gasteiger partial charge in [0.1, 0.15) is 10.9 Å². The number of hydrogen-bond donors (Lipinski definition) is 2. The number of carbonyl (C=O) groups excluding carboxylic acids is 4. The minimum Gasteiger partial charge on any atom is -0.462 e. The van der Waals surface area contributed by atoms with Crippen LogP contribution in [0.15, 0.2) is 30.3 Å². The fraction of sp³-hybridized carbons (Fsp3) is 0.435. The van der Waals surface area contributed by atoms with Crippen molar-refractivity contribution in [3.05, 3.63) is 46.5 Å². The molecule has 0 aliphatic carbocycles. The van der Waals surface area contributed by atoms with Crippen LogP contribution in [-0.2, 0) is 19.1 Å². The fourth-order valence-corrected chi connectivity index (χ4v) is 4.22. The maximum atomic E-state index is 12.9. The van der Waals surface area contributed by atoms with E-state index in [2.05, 4.69) is 15.6 Å². The van der Waals surface area contributed by atoms with Crippen LogP contribution >= 0.6 is 23.1 Å². The van der Waals surface area contributed by atoms with Crippen molar-refractivity contribution in [2.24, 2.45) is 0 Å². The van der Waals surface area contributed by atoms with Crippen LogP contribution in [-0.4, -0.2) is 59.5 Å². The zero-order chi connectivity index (χ0) is 25.1. The number of anilines is 1. The van der Waals surface area contributed by atoms with E-state index in [0.29, 0.717) is 28.3 Å². The molecule has 2 rings (SSSR count). The van der Waals surface area contributed by atoms with Gasteiger partial charge in [0.2, 0.25) is 0 Å². The van der Waals surface area contributed by atoms with Crippen molar-refractivity contribution in [3.63, 3.8) is 0 Å². The lowest BCUT2D eigenvalue weighted by Crippen LogP contribution is -2.45.